The number of nitrogens with zero attached hydrogens (tertiary/aromatic N) is 1. The van der Waals surface area contributed by atoms with Gasteiger partial charge in [0.1, 0.15) is 5.84 Å². The Morgan fingerprint density at radius 3 is 2.67 bits per heavy atom. The van der Waals surface area contributed by atoms with E-state index < -0.39 is 0 Å². The first kappa shape index (κ1) is 12.4. The van der Waals surface area contributed by atoms with Crippen LogP contribution in [-0.2, 0) is 4.79 Å². The van der Waals surface area contributed by atoms with Crippen molar-refractivity contribution in [1.29, 1.82) is 0 Å². The maximum atomic E-state index is 12.0. The summed E-state index contributed by atoms with van der Waals surface area (Å²) in [6.45, 7) is 4.52. The highest BCUT2D eigenvalue weighted by Crippen LogP contribution is 2.10. The molecule has 1 aromatic rings. The van der Waals surface area contributed by atoms with E-state index in [-0.39, 0.29) is 5.91 Å². The summed E-state index contributed by atoms with van der Waals surface area (Å²) < 4.78 is 0. The smallest absolute Gasteiger partial charge is 0.253 e. The van der Waals surface area contributed by atoms with Crippen molar-refractivity contribution in [3.8, 4) is 0 Å². The lowest BCUT2D eigenvalue weighted by Crippen LogP contribution is -2.28. The largest absolute Gasteiger partial charge is 0.368 e. The average Bonchev–Trinajstić information content (AvgIpc) is 2.78. The molecule has 0 aliphatic carbocycles. The average molecular weight is 243 g/mol. The third-order valence-electron chi connectivity index (χ3n) is 2.49. The molecular weight excluding hydrogens is 226 g/mol. The van der Waals surface area contributed by atoms with E-state index in [9.17, 15) is 4.79 Å². The fourth-order valence-electron chi connectivity index (χ4n) is 1.68. The molecule has 1 aliphatic heterocycles. The Balaban J connectivity index is 1.96. The van der Waals surface area contributed by atoms with Gasteiger partial charge in [0.15, 0.2) is 0 Å². The molecule has 4 heteroatoms. The Morgan fingerprint density at radius 1 is 1.28 bits per heavy atom. The summed E-state index contributed by atoms with van der Waals surface area (Å²) in [7, 11) is 0. The van der Waals surface area contributed by atoms with Crippen LogP contribution in [0, 0.1) is 0 Å². The van der Waals surface area contributed by atoms with Gasteiger partial charge in [-0.2, -0.15) is 0 Å². The zero-order valence-corrected chi connectivity index (χ0v) is 10.6. The molecule has 0 bridgehead atoms. The first-order valence-corrected chi connectivity index (χ1v) is 6.03. The number of anilines is 1. The monoisotopic (exact) mass is 243 g/mol. The SMILES string of the molecule is CC(C)NC1=NCC(C(=O)Nc2ccccc2)=C1. The summed E-state index contributed by atoms with van der Waals surface area (Å²) in [5, 5.41) is 6.03. The van der Waals surface area contributed by atoms with Crippen molar-refractivity contribution in [1.82, 2.24) is 5.32 Å². The quantitative estimate of drug-likeness (QED) is 0.852. The van der Waals surface area contributed by atoms with Crippen LogP contribution >= 0.6 is 0 Å². The molecule has 0 fully saturated rings. The number of amides is 1. The van der Waals surface area contributed by atoms with Crippen LogP contribution in [0.2, 0.25) is 0 Å². The Morgan fingerprint density at radius 2 is 2.00 bits per heavy atom. The van der Waals surface area contributed by atoms with Gasteiger partial charge < -0.3 is 10.6 Å². The van der Waals surface area contributed by atoms with Gasteiger partial charge in [-0.25, -0.2) is 0 Å². The van der Waals surface area contributed by atoms with Gasteiger partial charge in [0, 0.05) is 17.3 Å². The van der Waals surface area contributed by atoms with Crippen molar-refractivity contribution in [3.05, 3.63) is 42.0 Å². The van der Waals surface area contributed by atoms with E-state index in [2.05, 4.69) is 15.6 Å². The molecule has 94 valence electrons. The van der Waals surface area contributed by atoms with Gasteiger partial charge in [-0.05, 0) is 32.1 Å². The molecule has 18 heavy (non-hydrogen) atoms. The van der Waals surface area contributed by atoms with E-state index in [1.165, 1.54) is 0 Å². The normalized spacial score (nSPS) is 14.2. The van der Waals surface area contributed by atoms with Gasteiger partial charge in [-0.3, -0.25) is 9.79 Å². The van der Waals surface area contributed by atoms with Crippen molar-refractivity contribution < 1.29 is 4.79 Å². The second-order valence-corrected chi connectivity index (χ2v) is 4.49. The van der Waals surface area contributed by atoms with Gasteiger partial charge >= 0.3 is 0 Å². The predicted molar refractivity (Wildman–Crippen MR) is 73.7 cm³/mol. The van der Waals surface area contributed by atoms with Crippen molar-refractivity contribution in [3.63, 3.8) is 0 Å². The lowest BCUT2D eigenvalue weighted by atomic mass is 10.2. The summed E-state index contributed by atoms with van der Waals surface area (Å²) >= 11 is 0. The molecule has 0 saturated carbocycles. The molecule has 2 rings (SSSR count). The summed E-state index contributed by atoms with van der Waals surface area (Å²) in [5.41, 5.74) is 1.48. The van der Waals surface area contributed by atoms with Crippen LogP contribution in [-0.4, -0.2) is 24.3 Å². The molecular formula is C14H17N3O. The summed E-state index contributed by atoms with van der Waals surface area (Å²) in [6.07, 6.45) is 1.80. The fourth-order valence-corrected chi connectivity index (χ4v) is 1.68. The molecule has 0 atom stereocenters. The highest BCUT2D eigenvalue weighted by Gasteiger charge is 2.15. The molecule has 0 saturated heterocycles. The maximum absolute atomic E-state index is 12.0. The molecule has 0 radical (unpaired) electrons. The van der Waals surface area contributed by atoms with Gasteiger partial charge in [-0.15, -0.1) is 0 Å². The first-order valence-electron chi connectivity index (χ1n) is 6.03. The van der Waals surface area contributed by atoms with Crippen LogP contribution in [0.1, 0.15) is 13.8 Å². The molecule has 0 unspecified atom stereocenters. The number of amidine groups is 1. The van der Waals surface area contributed by atoms with Crippen molar-refractivity contribution in [2.24, 2.45) is 4.99 Å². The third kappa shape index (κ3) is 3.20. The molecule has 1 heterocycles. The van der Waals surface area contributed by atoms with E-state index in [0.717, 1.165) is 11.5 Å². The van der Waals surface area contributed by atoms with E-state index in [0.29, 0.717) is 18.2 Å². The number of aliphatic imine (C=N–C) groups is 1. The topological polar surface area (TPSA) is 53.5 Å². The molecule has 2 N–H and O–H groups in total. The standard InChI is InChI=1S/C14H17N3O/c1-10(2)16-13-8-11(9-15-13)14(18)17-12-6-4-3-5-7-12/h3-8,10H,9H2,1-2H3,(H,15,16)(H,17,18). The Labute approximate surface area is 107 Å². The highest BCUT2D eigenvalue weighted by molar-refractivity contribution is 6.11. The lowest BCUT2D eigenvalue weighted by Gasteiger charge is -2.06. The second kappa shape index (κ2) is 5.49. The van der Waals surface area contributed by atoms with Crippen LogP contribution < -0.4 is 10.6 Å². The van der Waals surface area contributed by atoms with Crippen molar-refractivity contribution >= 4 is 17.4 Å². The number of carbonyl (C=O) groups excluding carboxylic acids is 1. The van der Waals surface area contributed by atoms with Crippen LogP contribution in [0.25, 0.3) is 0 Å². The number of nitrogens with one attached hydrogen (secondary N) is 2. The zero-order chi connectivity index (χ0) is 13.0. The van der Waals surface area contributed by atoms with Crippen molar-refractivity contribution in [2.75, 3.05) is 11.9 Å². The van der Waals surface area contributed by atoms with E-state index in [4.69, 9.17) is 0 Å². The summed E-state index contributed by atoms with van der Waals surface area (Å²) in [6, 6.07) is 9.74. The Bertz CT molecular complexity index is 489. The predicted octanol–water partition coefficient (Wildman–Crippen LogP) is 1.96. The lowest BCUT2D eigenvalue weighted by molar-refractivity contribution is -0.112. The molecule has 1 aliphatic rings. The Hall–Kier alpha value is -2.10. The number of benzene rings is 1. The molecule has 0 aromatic heterocycles. The minimum absolute atomic E-state index is 0.0921. The first-order chi connectivity index (χ1) is 8.65. The van der Waals surface area contributed by atoms with Gasteiger partial charge in [0.25, 0.3) is 5.91 Å². The highest BCUT2D eigenvalue weighted by atomic mass is 16.1. The maximum Gasteiger partial charge on any atom is 0.253 e. The Kier molecular flexibility index (Phi) is 3.77. The number of hydrogen-bond donors (Lipinski definition) is 2. The summed E-state index contributed by atoms with van der Waals surface area (Å²) in [4.78, 5) is 16.2. The van der Waals surface area contributed by atoms with Gasteiger partial charge in [0.2, 0.25) is 0 Å². The number of para-hydroxylation sites is 1. The number of hydrogen-bond acceptors (Lipinski definition) is 3. The zero-order valence-electron chi connectivity index (χ0n) is 10.6. The van der Waals surface area contributed by atoms with Crippen LogP contribution in [0.3, 0.4) is 0 Å². The van der Waals surface area contributed by atoms with E-state index in [1.807, 2.05) is 44.2 Å². The second-order valence-electron chi connectivity index (χ2n) is 4.49. The number of carbonyl (C=O) groups is 1. The molecule has 0 spiro atoms. The van der Waals surface area contributed by atoms with Gasteiger partial charge in [0.05, 0.1) is 6.54 Å². The third-order valence-corrected chi connectivity index (χ3v) is 2.49. The number of rotatable bonds is 3. The molecule has 1 aromatic carbocycles. The molecule has 1 amide bonds. The minimum Gasteiger partial charge on any atom is -0.368 e. The van der Waals surface area contributed by atoms with Crippen LogP contribution in [0.5, 0.6) is 0 Å². The molecule has 4 nitrogen and oxygen atoms in total. The fraction of sp³-hybridized carbons (Fsp3) is 0.286. The minimum atomic E-state index is -0.0921. The van der Waals surface area contributed by atoms with Crippen LogP contribution in [0.4, 0.5) is 5.69 Å². The van der Waals surface area contributed by atoms with Gasteiger partial charge in [-0.1, -0.05) is 18.2 Å². The summed E-state index contributed by atoms with van der Waals surface area (Å²) in [5.74, 6) is 0.689. The van der Waals surface area contributed by atoms with Crippen LogP contribution in [0.15, 0.2) is 47.0 Å². The van der Waals surface area contributed by atoms with E-state index >= 15 is 0 Å². The van der Waals surface area contributed by atoms with Crippen molar-refractivity contribution in [2.45, 2.75) is 19.9 Å². The van der Waals surface area contributed by atoms with E-state index in [1.54, 1.807) is 6.08 Å².